The summed E-state index contributed by atoms with van der Waals surface area (Å²) >= 11 is 0. The smallest absolute Gasteiger partial charge is 0.325 e. The van der Waals surface area contributed by atoms with E-state index >= 15 is 0 Å². The molecule has 92 valence electrons. The maximum atomic E-state index is 11.3. The van der Waals surface area contributed by atoms with Gasteiger partial charge >= 0.3 is 5.97 Å². The van der Waals surface area contributed by atoms with Gasteiger partial charge in [-0.2, -0.15) is 0 Å². The highest BCUT2D eigenvalue weighted by Crippen LogP contribution is 2.23. The van der Waals surface area contributed by atoms with Crippen molar-refractivity contribution < 1.29 is 9.90 Å². The van der Waals surface area contributed by atoms with Gasteiger partial charge in [0.1, 0.15) is 6.04 Å². The molecule has 0 saturated carbocycles. The first kappa shape index (κ1) is 13.5. The number of carboxylic acid groups (broad SMARTS) is 1. The monoisotopic (exact) mass is 233 g/mol. The Bertz CT molecular complexity index is 415. The van der Waals surface area contributed by atoms with Crippen molar-refractivity contribution in [3.63, 3.8) is 0 Å². The third-order valence-electron chi connectivity index (χ3n) is 2.74. The number of hydrogen-bond acceptors (Lipinski definition) is 2. The van der Waals surface area contributed by atoms with Crippen LogP contribution in [0.3, 0.4) is 0 Å². The highest BCUT2D eigenvalue weighted by molar-refractivity contribution is 5.76. The summed E-state index contributed by atoms with van der Waals surface area (Å²) < 4.78 is 0. The average molecular weight is 233 g/mol. The van der Waals surface area contributed by atoms with Gasteiger partial charge in [-0.15, -0.1) is 6.58 Å². The quantitative estimate of drug-likeness (QED) is 0.768. The first-order chi connectivity index (χ1) is 7.97. The van der Waals surface area contributed by atoms with E-state index in [-0.39, 0.29) is 0 Å². The molecule has 2 N–H and O–H groups in total. The van der Waals surface area contributed by atoms with Crippen LogP contribution in [-0.2, 0) is 4.79 Å². The van der Waals surface area contributed by atoms with Crippen LogP contribution in [0.2, 0.25) is 0 Å². The number of aryl methyl sites for hydroxylation is 3. The van der Waals surface area contributed by atoms with Gasteiger partial charge in [0.05, 0.1) is 0 Å². The van der Waals surface area contributed by atoms with Crippen molar-refractivity contribution in [3.8, 4) is 0 Å². The minimum absolute atomic E-state index is 0.476. The molecule has 0 aliphatic heterocycles. The molecule has 17 heavy (non-hydrogen) atoms. The predicted octanol–water partition coefficient (Wildman–Crippen LogP) is 2.51. The fourth-order valence-corrected chi connectivity index (χ4v) is 2.16. The van der Waals surface area contributed by atoms with Gasteiger partial charge in [-0.25, -0.2) is 0 Å². The van der Waals surface area contributed by atoms with E-state index in [9.17, 15) is 9.90 Å². The fraction of sp³-hybridized carbons (Fsp3) is 0.357. The van der Waals surface area contributed by atoms with Crippen molar-refractivity contribution in [2.45, 2.75) is 26.8 Å². The highest BCUT2D eigenvalue weighted by Gasteiger charge is 2.22. The molecule has 0 aliphatic carbocycles. The highest BCUT2D eigenvalue weighted by atomic mass is 16.4. The Labute approximate surface area is 102 Å². The van der Waals surface area contributed by atoms with E-state index < -0.39 is 12.0 Å². The standard InChI is InChI=1S/C14H19NO2/c1-5-6-15-13(14(16)17)12-10(3)7-9(2)8-11(12)4/h5,7-8,13,15H,1,6H2,2-4H3,(H,16,17). The van der Waals surface area contributed by atoms with Crippen LogP contribution in [-0.4, -0.2) is 17.6 Å². The van der Waals surface area contributed by atoms with Gasteiger partial charge in [0.25, 0.3) is 0 Å². The first-order valence-electron chi connectivity index (χ1n) is 5.62. The summed E-state index contributed by atoms with van der Waals surface area (Å²) in [6.45, 7) is 9.97. The third-order valence-corrected chi connectivity index (χ3v) is 2.74. The van der Waals surface area contributed by atoms with Gasteiger partial charge in [-0.3, -0.25) is 10.1 Å². The van der Waals surface area contributed by atoms with Crippen LogP contribution in [0.15, 0.2) is 24.8 Å². The summed E-state index contributed by atoms with van der Waals surface area (Å²) in [4.78, 5) is 11.3. The molecule has 1 aromatic rings. The molecule has 0 amide bonds. The Kier molecular flexibility index (Phi) is 4.46. The van der Waals surface area contributed by atoms with Gasteiger partial charge in [0, 0.05) is 6.54 Å². The van der Waals surface area contributed by atoms with E-state index in [0.29, 0.717) is 6.54 Å². The number of hydrogen-bond donors (Lipinski definition) is 2. The summed E-state index contributed by atoms with van der Waals surface area (Å²) in [5.74, 6) is -0.859. The zero-order valence-corrected chi connectivity index (χ0v) is 10.6. The van der Waals surface area contributed by atoms with Crippen molar-refractivity contribution in [1.82, 2.24) is 5.32 Å². The molecule has 3 nitrogen and oxygen atoms in total. The van der Waals surface area contributed by atoms with Gasteiger partial charge in [-0.05, 0) is 37.5 Å². The summed E-state index contributed by atoms with van der Waals surface area (Å²) in [6.07, 6.45) is 1.66. The second-order valence-corrected chi connectivity index (χ2v) is 4.28. The second kappa shape index (κ2) is 5.64. The maximum absolute atomic E-state index is 11.3. The Morgan fingerprint density at radius 2 is 1.94 bits per heavy atom. The number of rotatable bonds is 5. The molecule has 0 fully saturated rings. The van der Waals surface area contributed by atoms with Gasteiger partial charge < -0.3 is 5.11 Å². The summed E-state index contributed by atoms with van der Waals surface area (Å²) in [7, 11) is 0. The topological polar surface area (TPSA) is 49.3 Å². The Balaban J connectivity index is 3.18. The van der Waals surface area contributed by atoms with Gasteiger partial charge in [0.2, 0.25) is 0 Å². The van der Waals surface area contributed by atoms with E-state index in [1.165, 1.54) is 0 Å². The first-order valence-corrected chi connectivity index (χ1v) is 5.62. The lowest BCUT2D eigenvalue weighted by atomic mass is 9.94. The predicted molar refractivity (Wildman–Crippen MR) is 69.2 cm³/mol. The SMILES string of the molecule is C=CCNC(C(=O)O)c1c(C)cc(C)cc1C. The molecule has 0 bridgehead atoms. The minimum atomic E-state index is -0.859. The third kappa shape index (κ3) is 3.17. The lowest BCUT2D eigenvalue weighted by molar-refractivity contribution is -0.139. The lowest BCUT2D eigenvalue weighted by Gasteiger charge is -2.19. The Morgan fingerprint density at radius 1 is 1.41 bits per heavy atom. The van der Waals surface area contributed by atoms with E-state index in [2.05, 4.69) is 11.9 Å². The molecule has 1 rings (SSSR count). The van der Waals surface area contributed by atoms with Crippen LogP contribution in [0.4, 0.5) is 0 Å². The summed E-state index contributed by atoms with van der Waals surface area (Å²) in [6, 6.07) is 3.34. The van der Waals surface area contributed by atoms with Crippen molar-refractivity contribution in [2.24, 2.45) is 0 Å². The second-order valence-electron chi connectivity index (χ2n) is 4.28. The number of benzene rings is 1. The van der Waals surface area contributed by atoms with E-state index in [4.69, 9.17) is 0 Å². The van der Waals surface area contributed by atoms with Crippen molar-refractivity contribution in [3.05, 3.63) is 47.0 Å². The molecule has 0 aliphatic rings. The van der Waals surface area contributed by atoms with E-state index in [1.54, 1.807) is 6.08 Å². The summed E-state index contributed by atoms with van der Waals surface area (Å²) in [5, 5.41) is 12.2. The zero-order valence-electron chi connectivity index (χ0n) is 10.6. The molecular weight excluding hydrogens is 214 g/mol. The molecule has 0 spiro atoms. The number of nitrogens with one attached hydrogen (secondary N) is 1. The van der Waals surface area contributed by atoms with E-state index in [0.717, 1.165) is 22.3 Å². The van der Waals surface area contributed by atoms with Crippen LogP contribution >= 0.6 is 0 Å². The Hall–Kier alpha value is -1.61. The number of carboxylic acids is 1. The van der Waals surface area contributed by atoms with Crippen molar-refractivity contribution in [2.75, 3.05) is 6.54 Å². The van der Waals surface area contributed by atoms with Crippen LogP contribution in [0, 0.1) is 20.8 Å². The molecule has 1 unspecified atom stereocenters. The average Bonchev–Trinajstić information content (AvgIpc) is 2.20. The largest absolute Gasteiger partial charge is 0.480 e. The molecule has 1 atom stereocenters. The zero-order chi connectivity index (χ0) is 13.0. The molecule has 0 radical (unpaired) electrons. The van der Waals surface area contributed by atoms with Gasteiger partial charge in [0.15, 0.2) is 0 Å². The van der Waals surface area contributed by atoms with Gasteiger partial charge in [-0.1, -0.05) is 23.8 Å². The van der Waals surface area contributed by atoms with E-state index in [1.807, 2.05) is 32.9 Å². The van der Waals surface area contributed by atoms with Crippen LogP contribution in [0.1, 0.15) is 28.3 Å². The summed E-state index contributed by atoms with van der Waals surface area (Å²) in [5.41, 5.74) is 4.01. The molecule has 0 aromatic heterocycles. The maximum Gasteiger partial charge on any atom is 0.325 e. The number of carbonyl (C=O) groups is 1. The van der Waals surface area contributed by atoms with Crippen molar-refractivity contribution in [1.29, 1.82) is 0 Å². The molecule has 1 aromatic carbocycles. The van der Waals surface area contributed by atoms with Crippen molar-refractivity contribution >= 4 is 5.97 Å². The lowest BCUT2D eigenvalue weighted by Crippen LogP contribution is -2.30. The molecular formula is C14H19NO2. The molecule has 0 heterocycles. The number of aliphatic carboxylic acids is 1. The minimum Gasteiger partial charge on any atom is -0.480 e. The van der Waals surface area contributed by atoms with Crippen LogP contribution < -0.4 is 5.32 Å². The fourth-order valence-electron chi connectivity index (χ4n) is 2.16. The molecule has 0 saturated heterocycles. The Morgan fingerprint density at radius 3 is 2.35 bits per heavy atom. The normalized spacial score (nSPS) is 12.2. The van der Waals surface area contributed by atoms with Crippen LogP contribution in [0.25, 0.3) is 0 Å². The van der Waals surface area contributed by atoms with Crippen LogP contribution in [0.5, 0.6) is 0 Å². The molecule has 3 heteroatoms.